The smallest absolute Gasteiger partial charge is 0.352 e. The van der Waals surface area contributed by atoms with Gasteiger partial charge in [-0.25, -0.2) is 9.78 Å². The van der Waals surface area contributed by atoms with E-state index < -0.39 is 29.9 Å². The molecule has 11 heteroatoms. The lowest BCUT2D eigenvalue weighted by atomic mass is 9.90. The Morgan fingerprint density at radius 3 is 2.88 bits per heavy atom. The van der Waals surface area contributed by atoms with Crippen molar-refractivity contribution >= 4 is 40.0 Å². The van der Waals surface area contributed by atoms with Crippen molar-refractivity contribution in [3.8, 4) is 0 Å². The number of nitrogens with zero attached hydrogens (tertiary/aromatic N) is 3. The second-order valence-electron chi connectivity index (χ2n) is 5.09. The van der Waals surface area contributed by atoms with Gasteiger partial charge < -0.3 is 21.0 Å². The molecule has 2 aliphatic rings. The molecule has 2 amide bonds. The third-order valence-electron chi connectivity index (χ3n) is 3.63. The lowest BCUT2D eigenvalue weighted by molar-refractivity contribution is -0.151. The summed E-state index contributed by atoms with van der Waals surface area (Å²) in [5.41, 5.74) is 5.50. The molecule has 1 aromatic heterocycles. The lowest BCUT2D eigenvalue weighted by Gasteiger charge is -2.46. The summed E-state index contributed by atoms with van der Waals surface area (Å²) in [4.78, 5) is 45.6. The monoisotopic (exact) mass is 363 g/mol. The fourth-order valence-electron chi connectivity index (χ4n) is 2.55. The van der Waals surface area contributed by atoms with Gasteiger partial charge in [-0.2, -0.15) is 0 Å². The Hall–Kier alpha value is -3.21. The number of carboxylic acid groups (broad SMARTS) is 1. The Morgan fingerprint density at radius 1 is 1.52 bits per heavy atom. The van der Waals surface area contributed by atoms with Crippen LogP contribution >= 0.6 is 11.3 Å². The molecule has 0 unspecified atom stereocenters. The molecule has 130 valence electrons. The topological polar surface area (TPSA) is 147 Å². The van der Waals surface area contributed by atoms with Gasteiger partial charge in [0.15, 0.2) is 10.8 Å². The van der Waals surface area contributed by atoms with Gasteiger partial charge in [0.05, 0.1) is 6.04 Å². The van der Waals surface area contributed by atoms with E-state index in [0.717, 1.165) is 16.2 Å². The summed E-state index contributed by atoms with van der Waals surface area (Å²) in [5.74, 6) is -2.41. The van der Waals surface area contributed by atoms with Crippen LogP contribution in [0.25, 0.3) is 0 Å². The highest BCUT2D eigenvalue weighted by Crippen LogP contribution is 2.29. The molecule has 0 spiro atoms. The first kappa shape index (κ1) is 16.6. The van der Waals surface area contributed by atoms with Crippen molar-refractivity contribution in [1.82, 2.24) is 15.2 Å². The maximum absolute atomic E-state index is 12.5. The molecule has 25 heavy (non-hydrogen) atoms. The van der Waals surface area contributed by atoms with E-state index in [2.05, 4.69) is 20.3 Å². The molecule has 2 atom stereocenters. The number of aromatic nitrogens is 1. The molecule has 3 heterocycles. The van der Waals surface area contributed by atoms with Crippen LogP contribution in [-0.4, -0.2) is 57.7 Å². The maximum atomic E-state index is 12.5. The van der Waals surface area contributed by atoms with E-state index in [1.54, 1.807) is 6.08 Å². The zero-order valence-electron chi connectivity index (χ0n) is 12.9. The SMILES string of the molecule is CON=C(C(=O)N[C@@H]1C(=O)N2C(C(=O)O)=CC=C[C@@H]12)c1csc(N)n1. The number of nitrogens with two attached hydrogens (primary N) is 1. The van der Waals surface area contributed by atoms with Crippen LogP contribution in [0.1, 0.15) is 5.69 Å². The van der Waals surface area contributed by atoms with E-state index in [1.807, 2.05) is 0 Å². The van der Waals surface area contributed by atoms with Gasteiger partial charge in [0.1, 0.15) is 24.5 Å². The molecule has 0 aliphatic carbocycles. The maximum Gasteiger partial charge on any atom is 0.352 e. The number of hydrogen-bond donors (Lipinski definition) is 3. The quantitative estimate of drug-likeness (QED) is 0.356. The average Bonchev–Trinajstić information content (AvgIpc) is 3.02. The van der Waals surface area contributed by atoms with E-state index >= 15 is 0 Å². The number of carbonyl (C=O) groups is 3. The Kier molecular flexibility index (Phi) is 4.23. The highest BCUT2D eigenvalue weighted by atomic mass is 32.1. The first-order valence-electron chi connectivity index (χ1n) is 7.02. The molecule has 3 rings (SSSR count). The number of β-lactam (4-membered cyclic amide) rings is 1. The van der Waals surface area contributed by atoms with Crippen molar-refractivity contribution in [2.24, 2.45) is 5.16 Å². The number of allylic oxidation sites excluding steroid dienone is 2. The van der Waals surface area contributed by atoms with Crippen LogP contribution in [0, 0.1) is 0 Å². The Bertz CT molecular complexity index is 842. The highest BCUT2D eigenvalue weighted by molar-refractivity contribution is 7.13. The van der Waals surface area contributed by atoms with Crippen LogP contribution in [0.5, 0.6) is 0 Å². The van der Waals surface area contributed by atoms with E-state index in [1.165, 1.54) is 24.6 Å². The molecule has 0 aromatic carbocycles. The molecular weight excluding hydrogens is 350 g/mol. The fraction of sp³-hybridized carbons (Fsp3) is 0.214. The number of carbonyl (C=O) groups excluding carboxylic acids is 2. The van der Waals surface area contributed by atoms with E-state index in [4.69, 9.17) is 10.8 Å². The minimum Gasteiger partial charge on any atom is -0.477 e. The minimum atomic E-state index is -1.22. The molecule has 4 N–H and O–H groups in total. The van der Waals surface area contributed by atoms with Gasteiger partial charge in [0.25, 0.3) is 11.8 Å². The molecule has 2 aliphatic heterocycles. The molecule has 1 fully saturated rings. The van der Waals surface area contributed by atoms with Gasteiger partial charge in [-0.05, 0) is 6.08 Å². The van der Waals surface area contributed by atoms with Crippen LogP contribution in [0.3, 0.4) is 0 Å². The summed E-state index contributed by atoms with van der Waals surface area (Å²) in [6, 6.07) is -1.47. The van der Waals surface area contributed by atoms with Gasteiger partial charge in [0.2, 0.25) is 0 Å². The van der Waals surface area contributed by atoms with Crippen molar-refractivity contribution in [1.29, 1.82) is 0 Å². The molecule has 1 saturated heterocycles. The Balaban J connectivity index is 1.77. The number of nitrogens with one attached hydrogen (secondary N) is 1. The van der Waals surface area contributed by atoms with Crippen LogP contribution in [-0.2, 0) is 19.2 Å². The summed E-state index contributed by atoms with van der Waals surface area (Å²) in [7, 11) is 1.27. The van der Waals surface area contributed by atoms with E-state index in [-0.39, 0.29) is 22.2 Å². The number of oxime groups is 1. The zero-order chi connectivity index (χ0) is 18.1. The van der Waals surface area contributed by atoms with Crippen molar-refractivity contribution in [3.63, 3.8) is 0 Å². The number of aliphatic carboxylic acids is 1. The number of carboxylic acids is 1. The van der Waals surface area contributed by atoms with Gasteiger partial charge in [-0.3, -0.25) is 14.5 Å². The van der Waals surface area contributed by atoms with Crippen LogP contribution in [0.15, 0.2) is 34.5 Å². The Labute approximate surface area is 145 Å². The number of amides is 2. The first-order valence-corrected chi connectivity index (χ1v) is 7.90. The molecule has 0 radical (unpaired) electrons. The van der Waals surface area contributed by atoms with Gasteiger partial charge in [-0.15, -0.1) is 11.3 Å². The second-order valence-corrected chi connectivity index (χ2v) is 5.98. The Morgan fingerprint density at radius 2 is 2.28 bits per heavy atom. The van der Waals surface area contributed by atoms with Gasteiger partial charge in [0, 0.05) is 5.38 Å². The van der Waals surface area contributed by atoms with Crippen LogP contribution in [0.4, 0.5) is 5.13 Å². The summed E-state index contributed by atoms with van der Waals surface area (Å²) < 4.78 is 0. The fourth-order valence-corrected chi connectivity index (χ4v) is 3.10. The highest BCUT2D eigenvalue weighted by Gasteiger charge is 2.51. The van der Waals surface area contributed by atoms with Crippen molar-refractivity contribution < 1.29 is 24.3 Å². The molecule has 10 nitrogen and oxygen atoms in total. The summed E-state index contributed by atoms with van der Waals surface area (Å²) in [6.07, 6.45) is 4.49. The van der Waals surface area contributed by atoms with Crippen molar-refractivity contribution in [2.45, 2.75) is 12.1 Å². The second kappa shape index (κ2) is 6.36. The molecule has 1 aromatic rings. The minimum absolute atomic E-state index is 0.129. The van der Waals surface area contributed by atoms with E-state index in [9.17, 15) is 14.4 Å². The average molecular weight is 363 g/mol. The third-order valence-corrected chi connectivity index (χ3v) is 4.31. The number of anilines is 1. The van der Waals surface area contributed by atoms with Crippen molar-refractivity contribution in [3.05, 3.63) is 35.0 Å². The predicted molar refractivity (Wildman–Crippen MR) is 87.5 cm³/mol. The van der Waals surface area contributed by atoms with Gasteiger partial charge in [-0.1, -0.05) is 17.3 Å². The van der Waals surface area contributed by atoms with Crippen LogP contribution < -0.4 is 11.1 Å². The number of hydrogen-bond acceptors (Lipinski definition) is 8. The predicted octanol–water partition coefficient (Wildman–Crippen LogP) is -0.690. The molecule has 0 bridgehead atoms. The van der Waals surface area contributed by atoms with Gasteiger partial charge >= 0.3 is 5.97 Å². The summed E-state index contributed by atoms with van der Waals surface area (Å²) in [6.45, 7) is 0. The number of thiazole rings is 1. The van der Waals surface area contributed by atoms with Crippen LogP contribution in [0.2, 0.25) is 0 Å². The largest absolute Gasteiger partial charge is 0.477 e. The zero-order valence-corrected chi connectivity index (χ0v) is 13.7. The lowest BCUT2D eigenvalue weighted by Crippen LogP contribution is -2.70. The molecule has 0 saturated carbocycles. The normalized spacial score (nSPS) is 22.0. The van der Waals surface area contributed by atoms with Crippen molar-refractivity contribution in [2.75, 3.05) is 12.8 Å². The third kappa shape index (κ3) is 2.85. The first-order chi connectivity index (χ1) is 11.9. The number of rotatable bonds is 5. The summed E-state index contributed by atoms with van der Waals surface area (Å²) >= 11 is 1.13. The standard InChI is InChI=1S/C14H13N5O5S/c1-24-18-9(6-5-25-14(15)16-6)11(20)17-10-7-3-2-4-8(13(22)23)19(7)12(10)21/h2-5,7,10H,1H3,(H2,15,16)(H,17,20)(H,22,23)/t7-,10-/m0/s1. The van der Waals surface area contributed by atoms with E-state index in [0.29, 0.717) is 0 Å². The number of fused-ring (bicyclic) bond motifs is 1. The number of nitrogen functional groups attached to an aromatic ring is 1. The summed E-state index contributed by atoms with van der Waals surface area (Å²) in [5, 5.41) is 17.1. The molecular formula is C14H13N5O5S.